The number of aliphatic hydroxyl groups is 1. The zero-order valence-corrected chi connectivity index (χ0v) is 5.61. The van der Waals surface area contributed by atoms with E-state index in [0.29, 0.717) is 6.67 Å². The first-order valence-electron chi connectivity index (χ1n) is 2.24. The molecule has 2 N–H and O–H groups in total. The fourth-order valence-corrected chi connectivity index (χ4v) is 0.450. The minimum atomic E-state index is -0.00821. The van der Waals surface area contributed by atoms with Gasteiger partial charge in [0.25, 0.3) is 0 Å². The summed E-state index contributed by atoms with van der Waals surface area (Å²) in [6.07, 6.45) is 1.93. The maximum atomic E-state index is 8.17. The van der Waals surface area contributed by atoms with Crippen molar-refractivity contribution in [3.63, 3.8) is 0 Å². The second-order valence-electron chi connectivity index (χ2n) is 1.09. The highest BCUT2D eigenvalue weighted by Gasteiger charge is 1.71. The maximum absolute atomic E-state index is 8.17. The summed E-state index contributed by atoms with van der Waals surface area (Å²) >= 11 is 1.54. The summed E-state index contributed by atoms with van der Waals surface area (Å²) in [6, 6.07) is 0. The molecule has 0 atom stereocenters. The van der Waals surface area contributed by atoms with Gasteiger partial charge in [-0.15, -0.1) is 11.8 Å². The Bertz CT molecular complexity index is 67.1. The van der Waals surface area contributed by atoms with Gasteiger partial charge in [-0.05, 0) is 6.26 Å². The molecule has 0 unspecified atom stereocenters. The number of hydrogen-bond donors (Lipinski definition) is 2. The van der Waals surface area contributed by atoms with E-state index < -0.39 is 0 Å². The molecule has 0 aromatic heterocycles. The van der Waals surface area contributed by atoms with Gasteiger partial charge in [0, 0.05) is 0 Å². The van der Waals surface area contributed by atoms with E-state index in [2.05, 4.69) is 10.3 Å². The summed E-state index contributed by atoms with van der Waals surface area (Å²) in [5.74, 6) is 0. The first kappa shape index (κ1) is 7.94. The molecule has 4 heteroatoms. The van der Waals surface area contributed by atoms with Crippen molar-refractivity contribution in [2.45, 2.75) is 0 Å². The maximum Gasteiger partial charge on any atom is 0.0945 e. The minimum absolute atomic E-state index is 0.00821. The highest BCUT2D eigenvalue weighted by Crippen LogP contribution is 1.80. The Morgan fingerprint density at radius 2 is 2.62 bits per heavy atom. The van der Waals surface area contributed by atoms with Crippen LogP contribution in [0.4, 0.5) is 0 Å². The van der Waals surface area contributed by atoms with Gasteiger partial charge in [0.2, 0.25) is 0 Å². The van der Waals surface area contributed by atoms with Crippen molar-refractivity contribution in [1.29, 1.82) is 0 Å². The lowest BCUT2D eigenvalue weighted by atomic mass is 11.0. The average molecular weight is 134 g/mol. The molecule has 0 heterocycles. The fourth-order valence-electron chi connectivity index (χ4n) is 0.226. The summed E-state index contributed by atoms with van der Waals surface area (Å²) in [6.45, 7) is 0.489. The Kier molecular flexibility index (Phi) is 6.89. The number of nitrogens with zero attached hydrogens (tertiary/aromatic N) is 1. The van der Waals surface area contributed by atoms with Crippen LogP contribution in [-0.2, 0) is 0 Å². The molecule has 3 nitrogen and oxygen atoms in total. The molecular formula is C4H10N2OS. The number of nitrogens with one attached hydrogen (secondary N) is 1. The van der Waals surface area contributed by atoms with E-state index >= 15 is 0 Å². The van der Waals surface area contributed by atoms with E-state index in [9.17, 15) is 0 Å². The zero-order valence-electron chi connectivity index (χ0n) is 4.79. The Morgan fingerprint density at radius 3 is 3.12 bits per heavy atom. The molecule has 0 aliphatic heterocycles. The predicted octanol–water partition coefficient (Wildman–Crippen LogP) is -0.125. The second-order valence-corrected chi connectivity index (χ2v) is 1.77. The van der Waals surface area contributed by atoms with E-state index in [1.165, 1.54) is 11.8 Å². The molecule has 0 fully saturated rings. The zero-order chi connectivity index (χ0) is 6.24. The monoisotopic (exact) mass is 134 g/mol. The third-order valence-electron chi connectivity index (χ3n) is 0.495. The van der Waals surface area contributed by atoms with Crippen LogP contribution < -0.4 is 5.32 Å². The minimum Gasteiger partial charge on any atom is -0.381 e. The topological polar surface area (TPSA) is 44.6 Å². The summed E-state index contributed by atoms with van der Waals surface area (Å²) < 4.78 is 0. The summed E-state index contributed by atoms with van der Waals surface area (Å²) in [4.78, 5) is 3.85. The van der Waals surface area contributed by atoms with Crippen LogP contribution in [0.2, 0.25) is 0 Å². The van der Waals surface area contributed by atoms with Gasteiger partial charge in [-0.1, -0.05) is 0 Å². The smallest absolute Gasteiger partial charge is 0.0945 e. The number of thioether (sulfide) groups is 1. The highest BCUT2D eigenvalue weighted by atomic mass is 32.2. The first-order valence-corrected chi connectivity index (χ1v) is 3.53. The van der Waals surface area contributed by atoms with Crippen molar-refractivity contribution in [2.75, 3.05) is 19.7 Å². The van der Waals surface area contributed by atoms with Gasteiger partial charge in [0.1, 0.15) is 0 Å². The van der Waals surface area contributed by atoms with E-state index in [-0.39, 0.29) is 6.73 Å². The molecule has 0 radical (unpaired) electrons. The molecule has 0 aromatic carbocycles. The highest BCUT2D eigenvalue weighted by molar-refractivity contribution is 8.11. The molecule has 0 aromatic rings. The quantitative estimate of drug-likeness (QED) is 0.244. The van der Waals surface area contributed by atoms with Crippen LogP contribution in [0, 0.1) is 0 Å². The Hall–Kier alpha value is -0.0600. The van der Waals surface area contributed by atoms with Gasteiger partial charge in [0.15, 0.2) is 0 Å². The number of aliphatic hydroxyl groups excluding tert-OH is 1. The lowest BCUT2D eigenvalue weighted by Crippen LogP contribution is -2.13. The molecule has 8 heavy (non-hydrogen) atoms. The first-order chi connectivity index (χ1) is 3.91. The van der Waals surface area contributed by atoms with E-state index in [1.54, 1.807) is 5.55 Å². The molecular weight excluding hydrogens is 124 g/mol. The second kappa shape index (κ2) is 6.94. The Morgan fingerprint density at radius 1 is 1.88 bits per heavy atom. The van der Waals surface area contributed by atoms with Gasteiger partial charge in [0.05, 0.1) is 18.9 Å². The van der Waals surface area contributed by atoms with Crippen molar-refractivity contribution >= 4 is 17.3 Å². The molecule has 0 rings (SSSR count). The van der Waals surface area contributed by atoms with Crippen molar-refractivity contribution in [2.24, 2.45) is 4.99 Å². The van der Waals surface area contributed by atoms with Crippen molar-refractivity contribution in [3.05, 3.63) is 0 Å². The lowest BCUT2D eigenvalue weighted by Gasteiger charge is -1.90. The van der Waals surface area contributed by atoms with Crippen molar-refractivity contribution in [1.82, 2.24) is 5.32 Å². The molecule has 0 amide bonds. The standard InChI is InChI=1S/C4H10N2OS/c1-8-4-6-2-5-3-7/h4-5,7H,2-3H2,1H3/b6-4-. The Balaban J connectivity index is 2.80. The van der Waals surface area contributed by atoms with E-state index in [0.717, 1.165) is 0 Å². The lowest BCUT2D eigenvalue weighted by molar-refractivity contribution is 0.263. The third-order valence-corrected chi connectivity index (χ3v) is 0.855. The molecule has 0 aliphatic rings. The fraction of sp³-hybridized carbons (Fsp3) is 0.750. The van der Waals surface area contributed by atoms with Gasteiger partial charge in [-0.25, -0.2) is 0 Å². The molecule has 0 spiro atoms. The van der Waals surface area contributed by atoms with Gasteiger partial charge >= 0.3 is 0 Å². The Labute approximate surface area is 53.2 Å². The third kappa shape index (κ3) is 5.94. The molecule has 0 bridgehead atoms. The van der Waals surface area contributed by atoms with Crippen LogP contribution in [0.25, 0.3) is 0 Å². The van der Waals surface area contributed by atoms with Gasteiger partial charge in [-0.2, -0.15) is 0 Å². The van der Waals surface area contributed by atoms with Crippen LogP contribution in [-0.4, -0.2) is 30.3 Å². The van der Waals surface area contributed by atoms with Gasteiger partial charge < -0.3 is 5.11 Å². The van der Waals surface area contributed by atoms with Crippen LogP contribution in [0.1, 0.15) is 0 Å². The van der Waals surface area contributed by atoms with E-state index in [1.807, 2.05) is 6.26 Å². The molecule has 48 valence electrons. The summed E-state index contributed by atoms with van der Waals surface area (Å²) in [7, 11) is 0. The average Bonchev–Trinajstić information content (AvgIpc) is 1.81. The number of aliphatic imine (C=N–C) groups is 1. The number of hydrogen-bond acceptors (Lipinski definition) is 4. The summed E-state index contributed by atoms with van der Waals surface area (Å²) in [5.41, 5.74) is 1.72. The molecule has 0 saturated heterocycles. The van der Waals surface area contributed by atoms with Crippen molar-refractivity contribution < 1.29 is 5.11 Å². The van der Waals surface area contributed by atoms with Crippen LogP contribution >= 0.6 is 11.8 Å². The van der Waals surface area contributed by atoms with Crippen LogP contribution in [0.5, 0.6) is 0 Å². The molecule has 0 aliphatic carbocycles. The van der Waals surface area contributed by atoms with E-state index in [4.69, 9.17) is 5.11 Å². The number of rotatable bonds is 4. The summed E-state index contributed by atoms with van der Waals surface area (Å²) in [5, 5.41) is 10.8. The predicted molar refractivity (Wildman–Crippen MR) is 37.1 cm³/mol. The van der Waals surface area contributed by atoms with Crippen LogP contribution in [0.15, 0.2) is 4.99 Å². The van der Waals surface area contributed by atoms with Gasteiger partial charge in [-0.3, -0.25) is 10.3 Å². The van der Waals surface area contributed by atoms with Crippen molar-refractivity contribution in [3.8, 4) is 0 Å². The SMILES string of the molecule is CS/C=N\CNCO. The van der Waals surface area contributed by atoms with Crippen LogP contribution in [0.3, 0.4) is 0 Å². The normalized spacial score (nSPS) is 10.8. The largest absolute Gasteiger partial charge is 0.381 e. The molecule has 0 saturated carbocycles.